The fourth-order valence-electron chi connectivity index (χ4n) is 2.44. The van der Waals surface area contributed by atoms with E-state index in [0.717, 1.165) is 0 Å². The van der Waals surface area contributed by atoms with E-state index in [4.69, 9.17) is 5.11 Å². The first kappa shape index (κ1) is 14.5. The summed E-state index contributed by atoms with van der Waals surface area (Å²) in [5.41, 5.74) is 0.978. The molecule has 0 bridgehead atoms. The van der Waals surface area contributed by atoms with Crippen LogP contribution in [0.4, 0.5) is 4.39 Å². The Kier molecular flexibility index (Phi) is 4.02. The molecule has 1 aliphatic carbocycles. The summed E-state index contributed by atoms with van der Waals surface area (Å²) < 4.78 is 14.4. The largest absolute Gasteiger partial charge is 0.396 e. The third kappa shape index (κ3) is 3.07. The topological polar surface area (TPSA) is 67.2 Å². The molecule has 2 aromatic rings. The van der Waals surface area contributed by atoms with Crippen LogP contribution in [-0.4, -0.2) is 33.4 Å². The SMILES string of the molecule is O=C(N[C@@H]1C=C[C@H](CO)C1)c1ccn(-c2ccc(F)cc2)n1. The van der Waals surface area contributed by atoms with Gasteiger partial charge in [-0.15, -0.1) is 0 Å². The molecular formula is C16H16FN3O2. The lowest BCUT2D eigenvalue weighted by molar-refractivity contribution is 0.0935. The van der Waals surface area contributed by atoms with E-state index < -0.39 is 0 Å². The molecule has 1 aromatic carbocycles. The minimum absolute atomic E-state index is 0.0828. The molecule has 22 heavy (non-hydrogen) atoms. The molecule has 1 amide bonds. The molecule has 5 nitrogen and oxygen atoms in total. The molecule has 1 aliphatic rings. The van der Waals surface area contributed by atoms with Gasteiger partial charge in [-0.05, 0) is 36.8 Å². The van der Waals surface area contributed by atoms with Crippen molar-refractivity contribution in [2.45, 2.75) is 12.5 Å². The number of benzene rings is 1. The molecule has 0 unspecified atom stereocenters. The molecule has 1 aromatic heterocycles. The molecule has 6 heteroatoms. The van der Waals surface area contributed by atoms with Gasteiger partial charge in [-0.3, -0.25) is 4.79 Å². The number of nitrogens with zero attached hydrogens (tertiary/aromatic N) is 2. The number of nitrogens with one attached hydrogen (secondary N) is 1. The maximum Gasteiger partial charge on any atom is 0.272 e. The molecule has 0 aliphatic heterocycles. The number of carbonyl (C=O) groups is 1. The van der Waals surface area contributed by atoms with Gasteiger partial charge in [-0.2, -0.15) is 5.10 Å². The number of halogens is 1. The van der Waals surface area contributed by atoms with Crippen molar-refractivity contribution in [1.29, 1.82) is 0 Å². The van der Waals surface area contributed by atoms with Crippen LogP contribution in [-0.2, 0) is 0 Å². The Morgan fingerprint density at radius 2 is 2.09 bits per heavy atom. The van der Waals surface area contributed by atoms with Crippen LogP contribution >= 0.6 is 0 Å². The quantitative estimate of drug-likeness (QED) is 0.844. The van der Waals surface area contributed by atoms with Crippen LogP contribution in [0.1, 0.15) is 16.9 Å². The summed E-state index contributed by atoms with van der Waals surface area (Å²) in [6.07, 6.45) is 6.14. The van der Waals surface area contributed by atoms with Crippen LogP contribution in [0, 0.1) is 11.7 Å². The third-order valence-corrected chi connectivity index (χ3v) is 3.64. The second-order valence-electron chi connectivity index (χ2n) is 5.27. The highest BCUT2D eigenvalue weighted by molar-refractivity contribution is 5.92. The van der Waals surface area contributed by atoms with E-state index >= 15 is 0 Å². The first-order chi connectivity index (χ1) is 10.7. The van der Waals surface area contributed by atoms with Gasteiger partial charge in [0.1, 0.15) is 5.82 Å². The van der Waals surface area contributed by atoms with Gasteiger partial charge >= 0.3 is 0 Å². The second kappa shape index (κ2) is 6.11. The fourth-order valence-corrected chi connectivity index (χ4v) is 2.44. The Labute approximate surface area is 127 Å². The van der Waals surface area contributed by atoms with Gasteiger partial charge in [-0.1, -0.05) is 12.2 Å². The van der Waals surface area contributed by atoms with Crippen LogP contribution in [0.3, 0.4) is 0 Å². The molecule has 0 fully saturated rings. The van der Waals surface area contributed by atoms with Crippen molar-refractivity contribution in [2.75, 3.05) is 6.61 Å². The predicted molar refractivity (Wildman–Crippen MR) is 79.1 cm³/mol. The Morgan fingerprint density at radius 3 is 2.77 bits per heavy atom. The molecule has 0 radical (unpaired) electrons. The molecule has 0 saturated carbocycles. The maximum atomic E-state index is 12.9. The summed E-state index contributed by atoms with van der Waals surface area (Å²) in [6, 6.07) is 7.40. The molecule has 2 atom stereocenters. The van der Waals surface area contributed by atoms with E-state index in [0.29, 0.717) is 17.8 Å². The predicted octanol–water partition coefficient (Wildman–Crippen LogP) is 1.68. The lowest BCUT2D eigenvalue weighted by Gasteiger charge is -2.11. The first-order valence-corrected chi connectivity index (χ1v) is 7.07. The van der Waals surface area contributed by atoms with Gasteiger partial charge < -0.3 is 10.4 Å². The average Bonchev–Trinajstić information content (AvgIpc) is 3.17. The van der Waals surface area contributed by atoms with Crippen LogP contribution in [0.15, 0.2) is 48.7 Å². The zero-order chi connectivity index (χ0) is 15.5. The standard InChI is InChI=1S/C16H16FN3O2/c17-12-2-5-14(6-3-12)20-8-7-15(19-20)16(22)18-13-4-1-11(9-13)10-21/h1-8,11,13,21H,9-10H2,(H,18,22)/t11-,13+/m0/s1. The zero-order valence-corrected chi connectivity index (χ0v) is 11.8. The second-order valence-corrected chi connectivity index (χ2v) is 5.27. The molecule has 1 heterocycles. The summed E-state index contributed by atoms with van der Waals surface area (Å²) in [6.45, 7) is 0.0854. The monoisotopic (exact) mass is 301 g/mol. The number of carbonyl (C=O) groups excluding carboxylic acids is 1. The van der Waals surface area contributed by atoms with E-state index in [9.17, 15) is 9.18 Å². The van der Waals surface area contributed by atoms with E-state index in [1.54, 1.807) is 24.4 Å². The Balaban J connectivity index is 1.67. The van der Waals surface area contributed by atoms with Crippen LogP contribution in [0.25, 0.3) is 5.69 Å². The van der Waals surface area contributed by atoms with Crippen LogP contribution in [0.2, 0.25) is 0 Å². The highest BCUT2D eigenvalue weighted by Crippen LogP contribution is 2.17. The van der Waals surface area contributed by atoms with Gasteiger partial charge in [0.15, 0.2) is 5.69 Å². The molecule has 114 valence electrons. The van der Waals surface area contributed by atoms with Gasteiger partial charge in [-0.25, -0.2) is 9.07 Å². The number of aromatic nitrogens is 2. The number of amides is 1. The summed E-state index contributed by atoms with van der Waals surface area (Å²) in [4.78, 5) is 12.2. The van der Waals surface area contributed by atoms with Crippen LogP contribution in [0.5, 0.6) is 0 Å². The van der Waals surface area contributed by atoms with Crippen molar-refractivity contribution in [3.05, 3.63) is 60.2 Å². The summed E-state index contributed by atoms with van der Waals surface area (Å²) in [7, 11) is 0. The molecule has 2 N–H and O–H groups in total. The number of aliphatic hydroxyl groups is 1. The zero-order valence-electron chi connectivity index (χ0n) is 11.8. The molecule has 3 rings (SSSR count). The van der Waals surface area contributed by atoms with Crippen molar-refractivity contribution in [1.82, 2.24) is 15.1 Å². The highest BCUT2D eigenvalue weighted by atomic mass is 19.1. The first-order valence-electron chi connectivity index (χ1n) is 7.07. The Hall–Kier alpha value is -2.47. The van der Waals surface area contributed by atoms with E-state index in [-0.39, 0.29) is 30.3 Å². The fraction of sp³-hybridized carbons (Fsp3) is 0.250. The molecule has 0 saturated heterocycles. The van der Waals surface area contributed by atoms with E-state index in [1.807, 2.05) is 12.2 Å². The Bertz CT molecular complexity index is 694. The van der Waals surface area contributed by atoms with Crippen molar-refractivity contribution >= 4 is 5.91 Å². The minimum atomic E-state index is -0.319. The minimum Gasteiger partial charge on any atom is -0.396 e. The summed E-state index contributed by atoms with van der Waals surface area (Å²) in [5, 5.41) is 16.1. The lowest BCUT2D eigenvalue weighted by Crippen LogP contribution is -2.33. The smallest absolute Gasteiger partial charge is 0.272 e. The average molecular weight is 301 g/mol. The van der Waals surface area contributed by atoms with Crippen LogP contribution < -0.4 is 5.32 Å². The normalized spacial score (nSPS) is 20.3. The number of rotatable bonds is 4. The highest BCUT2D eigenvalue weighted by Gasteiger charge is 2.21. The lowest BCUT2D eigenvalue weighted by atomic mass is 10.1. The van der Waals surface area contributed by atoms with Crippen molar-refractivity contribution < 1.29 is 14.3 Å². The van der Waals surface area contributed by atoms with Crippen molar-refractivity contribution in [3.8, 4) is 5.69 Å². The van der Waals surface area contributed by atoms with Crippen molar-refractivity contribution in [3.63, 3.8) is 0 Å². The van der Waals surface area contributed by atoms with E-state index in [1.165, 1.54) is 16.8 Å². The third-order valence-electron chi connectivity index (χ3n) is 3.64. The van der Waals surface area contributed by atoms with Gasteiger partial charge in [0.05, 0.1) is 5.69 Å². The Morgan fingerprint density at radius 1 is 1.32 bits per heavy atom. The van der Waals surface area contributed by atoms with Gasteiger partial charge in [0.2, 0.25) is 0 Å². The summed E-state index contributed by atoms with van der Waals surface area (Å²) in [5.74, 6) is -0.489. The van der Waals surface area contributed by atoms with Gasteiger partial charge in [0, 0.05) is 24.8 Å². The summed E-state index contributed by atoms with van der Waals surface area (Å²) >= 11 is 0. The number of aliphatic hydroxyl groups excluding tert-OH is 1. The maximum absolute atomic E-state index is 12.9. The molecule has 0 spiro atoms. The van der Waals surface area contributed by atoms with Gasteiger partial charge in [0.25, 0.3) is 5.91 Å². The number of hydrogen-bond donors (Lipinski definition) is 2. The van der Waals surface area contributed by atoms with E-state index in [2.05, 4.69) is 10.4 Å². The van der Waals surface area contributed by atoms with Crippen molar-refractivity contribution in [2.24, 2.45) is 5.92 Å². The number of hydrogen-bond acceptors (Lipinski definition) is 3. The molecular weight excluding hydrogens is 285 g/mol.